The van der Waals surface area contributed by atoms with Gasteiger partial charge in [0.2, 0.25) is 5.88 Å². The highest BCUT2D eigenvalue weighted by Crippen LogP contribution is 2.30. The number of halogens is 1. The number of pyridine rings is 1. The zero-order chi connectivity index (χ0) is 12.3. The Kier molecular flexibility index (Phi) is 3.14. The smallest absolute Gasteiger partial charge is 0.221 e. The Hall–Kier alpha value is -2.23. The Morgan fingerprint density at radius 1 is 1.29 bits per heavy atom. The summed E-state index contributed by atoms with van der Waals surface area (Å²) in [7, 11) is 1.48. The van der Waals surface area contributed by atoms with Crippen molar-refractivity contribution in [3.8, 4) is 17.0 Å². The highest BCUT2D eigenvalue weighted by molar-refractivity contribution is 5.88. The second-order valence-corrected chi connectivity index (χ2v) is 3.41. The molecule has 0 bridgehead atoms. The predicted octanol–water partition coefficient (Wildman–Crippen LogP) is 2.71. The Morgan fingerprint density at radius 3 is 2.82 bits per heavy atom. The number of rotatable bonds is 3. The van der Waals surface area contributed by atoms with Gasteiger partial charge in [-0.15, -0.1) is 0 Å². The number of benzene rings is 1. The lowest BCUT2D eigenvalue weighted by atomic mass is 10.0. The third kappa shape index (κ3) is 2.15. The summed E-state index contributed by atoms with van der Waals surface area (Å²) >= 11 is 0. The van der Waals surface area contributed by atoms with Crippen molar-refractivity contribution in [3.63, 3.8) is 0 Å². The summed E-state index contributed by atoms with van der Waals surface area (Å²) in [6, 6.07) is 7.41. The molecule has 86 valence electrons. The zero-order valence-electron chi connectivity index (χ0n) is 9.18. The molecular formula is C13H10FNO2. The van der Waals surface area contributed by atoms with Crippen molar-refractivity contribution in [2.75, 3.05) is 7.11 Å². The molecule has 0 fully saturated rings. The summed E-state index contributed by atoms with van der Waals surface area (Å²) < 4.78 is 18.3. The standard InChI is InChI=1S/C13H10FNO2/c1-17-13-11(3-2-6-15-13)12-7-10(14)5-4-9(12)8-16/h2-8H,1H3. The first-order valence-corrected chi connectivity index (χ1v) is 5.00. The highest BCUT2D eigenvalue weighted by atomic mass is 19.1. The lowest BCUT2D eigenvalue weighted by Gasteiger charge is -2.09. The molecule has 17 heavy (non-hydrogen) atoms. The van der Waals surface area contributed by atoms with Crippen LogP contribution < -0.4 is 4.74 Å². The summed E-state index contributed by atoms with van der Waals surface area (Å²) in [6.45, 7) is 0. The van der Waals surface area contributed by atoms with Gasteiger partial charge in [0.05, 0.1) is 7.11 Å². The quantitative estimate of drug-likeness (QED) is 0.762. The summed E-state index contributed by atoms with van der Waals surface area (Å²) in [5.74, 6) is -0.0438. The molecule has 3 nitrogen and oxygen atoms in total. The van der Waals surface area contributed by atoms with Gasteiger partial charge in [-0.05, 0) is 30.3 Å². The molecule has 0 saturated carbocycles. The average molecular weight is 231 g/mol. The molecule has 0 aliphatic heterocycles. The van der Waals surface area contributed by atoms with Crippen LogP contribution >= 0.6 is 0 Å². The van der Waals surface area contributed by atoms with Crippen LogP contribution in [0, 0.1) is 5.82 Å². The molecule has 0 radical (unpaired) electrons. The minimum absolute atomic E-state index is 0.362. The lowest BCUT2D eigenvalue weighted by molar-refractivity contribution is 0.112. The van der Waals surface area contributed by atoms with E-state index in [0.29, 0.717) is 28.9 Å². The van der Waals surface area contributed by atoms with Crippen LogP contribution in [-0.2, 0) is 0 Å². The molecule has 0 N–H and O–H groups in total. The molecule has 0 aliphatic rings. The van der Waals surface area contributed by atoms with E-state index in [4.69, 9.17) is 4.74 Å². The van der Waals surface area contributed by atoms with Gasteiger partial charge in [-0.1, -0.05) is 0 Å². The molecule has 0 amide bonds. The number of carbonyl (C=O) groups excluding carboxylic acids is 1. The van der Waals surface area contributed by atoms with E-state index in [1.165, 1.54) is 25.3 Å². The van der Waals surface area contributed by atoms with Crippen LogP contribution in [0.25, 0.3) is 11.1 Å². The van der Waals surface area contributed by atoms with Gasteiger partial charge in [-0.3, -0.25) is 4.79 Å². The van der Waals surface area contributed by atoms with E-state index in [0.717, 1.165) is 0 Å². The van der Waals surface area contributed by atoms with Crippen molar-refractivity contribution in [3.05, 3.63) is 47.9 Å². The van der Waals surface area contributed by atoms with Crippen molar-refractivity contribution < 1.29 is 13.9 Å². The Bertz CT molecular complexity index is 555. The molecule has 0 spiro atoms. The zero-order valence-corrected chi connectivity index (χ0v) is 9.18. The molecule has 0 atom stereocenters. The number of hydrogen-bond acceptors (Lipinski definition) is 3. The maximum absolute atomic E-state index is 13.2. The maximum Gasteiger partial charge on any atom is 0.221 e. The van der Waals surface area contributed by atoms with E-state index in [1.54, 1.807) is 18.3 Å². The molecule has 4 heteroatoms. The first-order chi connectivity index (χ1) is 8.26. The number of methoxy groups -OCH3 is 1. The van der Waals surface area contributed by atoms with Gasteiger partial charge in [0, 0.05) is 22.9 Å². The predicted molar refractivity (Wildman–Crippen MR) is 61.6 cm³/mol. The largest absolute Gasteiger partial charge is 0.481 e. The fourth-order valence-electron chi connectivity index (χ4n) is 1.62. The number of ether oxygens (including phenoxy) is 1. The van der Waals surface area contributed by atoms with Crippen LogP contribution in [0.2, 0.25) is 0 Å². The van der Waals surface area contributed by atoms with Crippen molar-refractivity contribution in [1.29, 1.82) is 0 Å². The number of aldehydes is 1. The maximum atomic E-state index is 13.2. The normalized spacial score (nSPS) is 10.0. The van der Waals surface area contributed by atoms with E-state index in [2.05, 4.69) is 4.98 Å². The van der Waals surface area contributed by atoms with Crippen LogP contribution in [-0.4, -0.2) is 18.4 Å². The average Bonchev–Trinajstić information content (AvgIpc) is 2.38. The summed E-state index contributed by atoms with van der Waals surface area (Å²) in [6.07, 6.45) is 2.25. The molecule has 1 aromatic heterocycles. The van der Waals surface area contributed by atoms with Crippen LogP contribution in [0.3, 0.4) is 0 Å². The summed E-state index contributed by atoms with van der Waals surface area (Å²) in [5, 5.41) is 0. The van der Waals surface area contributed by atoms with Crippen molar-refractivity contribution in [1.82, 2.24) is 4.98 Å². The van der Waals surface area contributed by atoms with Gasteiger partial charge in [0.1, 0.15) is 5.82 Å². The number of nitrogens with zero attached hydrogens (tertiary/aromatic N) is 1. The molecule has 0 saturated heterocycles. The fraction of sp³-hybridized carbons (Fsp3) is 0.0769. The van der Waals surface area contributed by atoms with E-state index in [-0.39, 0.29) is 0 Å². The molecule has 1 aromatic carbocycles. The SMILES string of the molecule is COc1ncccc1-c1cc(F)ccc1C=O. The van der Waals surface area contributed by atoms with Crippen LogP contribution in [0.4, 0.5) is 4.39 Å². The van der Waals surface area contributed by atoms with Gasteiger partial charge in [-0.25, -0.2) is 9.37 Å². The van der Waals surface area contributed by atoms with Gasteiger partial charge in [-0.2, -0.15) is 0 Å². The fourth-order valence-corrected chi connectivity index (χ4v) is 1.62. The first-order valence-electron chi connectivity index (χ1n) is 5.00. The number of hydrogen-bond donors (Lipinski definition) is 0. The second kappa shape index (κ2) is 4.74. The molecule has 0 unspecified atom stereocenters. The van der Waals surface area contributed by atoms with E-state index in [1.807, 2.05) is 0 Å². The Labute approximate surface area is 97.9 Å². The third-order valence-corrected chi connectivity index (χ3v) is 2.40. The van der Waals surface area contributed by atoms with E-state index < -0.39 is 5.82 Å². The van der Waals surface area contributed by atoms with Crippen LogP contribution in [0.15, 0.2) is 36.5 Å². The van der Waals surface area contributed by atoms with Gasteiger partial charge in [0.25, 0.3) is 0 Å². The van der Waals surface area contributed by atoms with Gasteiger partial charge < -0.3 is 4.74 Å². The van der Waals surface area contributed by atoms with Crippen molar-refractivity contribution >= 4 is 6.29 Å². The molecule has 2 rings (SSSR count). The van der Waals surface area contributed by atoms with Gasteiger partial charge >= 0.3 is 0 Å². The molecule has 1 heterocycles. The highest BCUT2D eigenvalue weighted by Gasteiger charge is 2.11. The minimum atomic E-state index is -0.406. The minimum Gasteiger partial charge on any atom is -0.481 e. The summed E-state index contributed by atoms with van der Waals surface area (Å²) in [4.78, 5) is 14.9. The second-order valence-electron chi connectivity index (χ2n) is 3.41. The molecule has 0 aliphatic carbocycles. The topological polar surface area (TPSA) is 39.2 Å². The number of carbonyl (C=O) groups is 1. The Morgan fingerprint density at radius 2 is 2.12 bits per heavy atom. The monoisotopic (exact) mass is 231 g/mol. The third-order valence-electron chi connectivity index (χ3n) is 2.40. The van der Waals surface area contributed by atoms with Crippen LogP contribution in [0.1, 0.15) is 10.4 Å². The van der Waals surface area contributed by atoms with E-state index in [9.17, 15) is 9.18 Å². The summed E-state index contributed by atoms with van der Waals surface area (Å²) in [5.41, 5.74) is 1.47. The van der Waals surface area contributed by atoms with Crippen molar-refractivity contribution in [2.45, 2.75) is 0 Å². The Balaban J connectivity index is 2.66. The molecular weight excluding hydrogens is 221 g/mol. The molecule has 2 aromatic rings. The number of aromatic nitrogens is 1. The van der Waals surface area contributed by atoms with E-state index >= 15 is 0 Å². The van der Waals surface area contributed by atoms with Crippen molar-refractivity contribution in [2.24, 2.45) is 0 Å². The van der Waals surface area contributed by atoms with Gasteiger partial charge in [0.15, 0.2) is 6.29 Å². The lowest BCUT2D eigenvalue weighted by Crippen LogP contribution is -1.94. The van der Waals surface area contributed by atoms with Crippen LogP contribution in [0.5, 0.6) is 5.88 Å². The first kappa shape index (κ1) is 11.3.